The highest BCUT2D eigenvalue weighted by molar-refractivity contribution is 6.23. The molecule has 0 bridgehead atoms. The molecule has 164 valence electrons. The van der Waals surface area contributed by atoms with Crippen molar-refractivity contribution in [3.8, 4) is 5.75 Å². The molecule has 1 fully saturated rings. The number of benzene rings is 3. The molecule has 1 aliphatic heterocycles. The summed E-state index contributed by atoms with van der Waals surface area (Å²) in [4.78, 5) is 40.0. The van der Waals surface area contributed by atoms with Gasteiger partial charge in [0, 0.05) is 18.8 Å². The van der Waals surface area contributed by atoms with Crippen LogP contribution >= 0.6 is 0 Å². The van der Waals surface area contributed by atoms with Gasteiger partial charge in [-0.1, -0.05) is 72.8 Å². The summed E-state index contributed by atoms with van der Waals surface area (Å²) in [7, 11) is 0. The molecule has 4 atom stereocenters. The summed E-state index contributed by atoms with van der Waals surface area (Å²) in [6.45, 7) is 1.33. The first-order valence-electron chi connectivity index (χ1n) is 11.0. The molecular weight excluding hydrogens is 414 g/mol. The number of carbonyl (C=O) groups is 3. The summed E-state index contributed by atoms with van der Waals surface area (Å²) in [5, 5.41) is 0. The quantitative estimate of drug-likeness (QED) is 0.253. The molecule has 1 aliphatic carbocycles. The number of imide groups is 1. The van der Waals surface area contributed by atoms with Gasteiger partial charge < -0.3 is 4.74 Å². The van der Waals surface area contributed by atoms with E-state index in [1.807, 2.05) is 60.7 Å². The Morgan fingerprint density at radius 2 is 1.15 bits per heavy atom. The average Bonchev–Trinajstić information content (AvgIpc) is 3.10. The Hall–Kier alpha value is -3.99. The fraction of sp³-hybridized carbons (Fsp3) is 0.179. The van der Waals surface area contributed by atoms with Crippen molar-refractivity contribution in [2.45, 2.75) is 18.8 Å². The highest BCUT2D eigenvalue weighted by Crippen LogP contribution is 2.50. The van der Waals surface area contributed by atoms with E-state index in [1.54, 1.807) is 24.3 Å². The zero-order valence-electron chi connectivity index (χ0n) is 18.1. The summed E-state index contributed by atoms with van der Waals surface area (Å²) in [6, 6.07) is 26.2. The zero-order chi connectivity index (χ0) is 22.9. The smallest absolute Gasteiger partial charge is 0.308 e. The first-order valence-corrected chi connectivity index (χ1v) is 11.0. The molecule has 0 unspecified atom stereocenters. The first-order chi connectivity index (χ1) is 16.0. The standard InChI is InChI=1S/C28H23NO4/c1-18(30)33-22-14-12-21(13-15-22)29-27(31)25-23(19-8-4-2-5-9-19)16-17-24(26(25)28(29)32)20-10-6-3-7-11-20/h2-17,23-26H,1H3/t23-,24+,25-,26-/m1/s1. The van der Waals surface area contributed by atoms with Crippen molar-refractivity contribution in [2.24, 2.45) is 11.8 Å². The topological polar surface area (TPSA) is 63.7 Å². The van der Waals surface area contributed by atoms with Crippen LogP contribution in [-0.4, -0.2) is 17.8 Å². The van der Waals surface area contributed by atoms with E-state index in [2.05, 4.69) is 12.2 Å². The van der Waals surface area contributed by atoms with E-state index in [-0.39, 0.29) is 23.7 Å². The van der Waals surface area contributed by atoms with Crippen LogP contribution in [0.1, 0.15) is 29.9 Å². The minimum atomic E-state index is -0.497. The second kappa shape index (κ2) is 8.51. The number of amides is 2. The van der Waals surface area contributed by atoms with Crippen LogP contribution in [0.2, 0.25) is 0 Å². The first kappa shape index (κ1) is 20.9. The number of allylic oxidation sites excluding steroid dienone is 2. The second-order valence-corrected chi connectivity index (χ2v) is 8.41. The molecule has 33 heavy (non-hydrogen) atoms. The maximum atomic E-state index is 13.8. The predicted molar refractivity (Wildman–Crippen MR) is 125 cm³/mol. The van der Waals surface area contributed by atoms with E-state index >= 15 is 0 Å². The fourth-order valence-corrected chi connectivity index (χ4v) is 5.02. The predicted octanol–water partition coefficient (Wildman–Crippen LogP) is 4.85. The van der Waals surface area contributed by atoms with Gasteiger partial charge in [-0.15, -0.1) is 0 Å². The third-order valence-electron chi connectivity index (χ3n) is 6.42. The SMILES string of the molecule is CC(=O)Oc1ccc(N2C(=O)[C@H]3[C@H](C2=O)[C@H](c2ccccc2)C=C[C@@H]3c2ccccc2)cc1. The van der Waals surface area contributed by atoms with Gasteiger partial charge in [0.25, 0.3) is 0 Å². The number of esters is 1. The van der Waals surface area contributed by atoms with Gasteiger partial charge in [0.15, 0.2) is 0 Å². The molecule has 3 aromatic carbocycles. The molecule has 0 spiro atoms. The summed E-state index contributed by atoms with van der Waals surface area (Å²) in [5.74, 6) is -1.82. The number of ether oxygens (including phenoxy) is 1. The molecule has 0 saturated carbocycles. The lowest BCUT2D eigenvalue weighted by Crippen LogP contribution is -2.31. The Morgan fingerprint density at radius 3 is 1.58 bits per heavy atom. The van der Waals surface area contributed by atoms with Crippen molar-refractivity contribution in [1.29, 1.82) is 0 Å². The van der Waals surface area contributed by atoms with Gasteiger partial charge in [-0.05, 0) is 35.4 Å². The van der Waals surface area contributed by atoms with Gasteiger partial charge in [-0.3, -0.25) is 14.4 Å². The number of anilines is 1. The number of hydrogen-bond acceptors (Lipinski definition) is 4. The summed E-state index contributed by atoms with van der Waals surface area (Å²) >= 11 is 0. The molecule has 5 nitrogen and oxygen atoms in total. The Balaban J connectivity index is 1.56. The minimum Gasteiger partial charge on any atom is -0.427 e. The van der Waals surface area contributed by atoms with Gasteiger partial charge in [-0.25, -0.2) is 4.90 Å². The third-order valence-corrected chi connectivity index (χ3v) is 6.42. The molecule has 2 amide bonds. The molecule has 0 N–H and O–H groups in total. The normalized spacial score (nSPS) is 24.0. The molecule has 2 aliphatic rings. The van der Waals surface area contributed by atoms with Gasteiger partial charge in [0.2, 0.25) is 11.8 Å². The number of rotatable bonds is 4. The lowest BCUT2D eigenvalue weighted by molar-refractivity contribution is -0.132. The lowest BCUT2D eigenvalue weighted by Gasteiger charge is -2.32. The van der Waals surface area contributed by atoms with E-state index in [0.29, 0.717) is 11.4 Å². The highest BCUT2D eigenvalue weighted by atomic mass is 16.5. The van der Waals surface area contributed by atoms with E-state index < -0.39 is 17.8 Å². The maximum absolute atomic E-state index is 13.8. The number of fused-ring (bicyclic) bond motifs is 1. The zero-order valence-corrected chi connectivity index (χ0v) is 18.1. The van der Waals surface area contributed by atoms with Crippen LogP contribution in [0.25, 0.3) is 0 Å². The molecule has 1 saturated heterocycles. The summed E-state index contributed by atoms with van der Waals surface area (Å²) in [6.07, 6.45) is 4.15. The van der Waals surface area contributed by atoms with Crippen molar-refractivity contribution in [1.82, 2.24) is 0 Å². The highest BCUT2D eigenvalue weighted by Gasteiger charge is 2.55. The van der Waals surface area contributed by atoms with E-state index in [0.717, 1.165) is 11.1 Å². The van der Waals surface area contributed by atoms with Crippen molar-refractivity contribution in [3.05, 3.63) is 108 Å². The van der Waals surface area contributed by atoms with E-state index in [1.165, 1.54) is 11.8 Å². The fourth-order valence-electron chi connectivity index (χ4n) is 5.02. The van der Waals surface area contributed by atoms with Gasteiger partial charge in [-0.2, -0.15) is 0 Å². The van der Waals surface area contributed by atoms with Crippen molar-refractivity contribution in [2.75, 3.05) is 4.90 Å². The third kappa shape index (κ3) is 3.76. The monoisotopic (exact) mass is 437 g/mol. The van der Waals surface area contributed by atoms with Crippen molar-refractivity contribution in [3.63, 3.8) is 0 Å². The van der Waals surface area contributed by atoms with Crippen LogP contribution in [0, 0.1) is 11.8 Å². The second-order valence-electron chi connectivity index (χ2n) is 8.41. The summed E-state index contributed by atoms with van der Waals surface area (Å²) in [5.41, 5.74) is 2.51. The van der Waals surface area contributed by atoms with Crippen LogP contribution < -0.4 is 9.64 Å². The Labute approximate surface area is 192 Å². The van der Waals surface area contributed by atoms with E-state index in [9.17, 15) is 14.4 Å². The van der Waals surface area contributed by atoms with Gasteiger partial charge in [0.1, 0.15) is 5.75 Å². The van der Waals surface area contributed by atoms with Gasteiger partial charge >= 0.3 is 5.97 Å². The minimum absolute atomic E-state index is 0.182. The van der Waals surface area contributed by atoms with Crippen molar-refractivity contribution < 1.29 is 19.1 Å². The molecule has 3 aromatic rings. The van der Waals surface area contributed by atoms with Crippen LogP contribution in [-0.2, 0) is 14.4 Å². The largest absolute Gasteiger partial charge is 0.427 e. The van der Waals surface area contributed by atoms with Crippen LogP contribution in [0.3, 0.4) is 0 Å². The van der Waals surface area contributed by atoms with Crippen LogP contribution in [0.4, 0.5) is 5.69 Å². The van der Waals surface area contributed by atoms with Crippen LogP contribution in [0.5, 0.6) is 5.75 Å². The molecule has 5 rings (SSSR count). The number of nitrogens with zero attached hydrogens (tertiary/aromatic N) is 1. The summed E-state index contributed by atoms with van der Waals surface area (Å²) < 4.78 is 5.09. The number of hydrogen-bond donors (Lipinski definition) is 0. The Morgan fingerprint density at radius 1 is 0.697 bits per heavy atom. The Bertz CT molecular complexity index is 1150. The number of carbonyl (C=O) groups excluding carboxylic acids is 3. The molecule has 1 heterocycles. The molecule has 0 radical (unpaired) electrons. The molecular formula is C28H23NO4. The maximum Gasteiger partial charge on any atom is 0.308 e. The molecule has 0 aromatic heterocycles. The average molecular weight is 437 g/mol. The van der Waals surface area contributed by atoms with Gasteiger partial charge in [0.05, 0.1) is 17.5 Å². The molecule has 5 heteroatoms. The lowest BCUT2D eigenvalue weighted by atomic mass is 9.68. The van der Waals surface area contributed by atoms with Crippen molar-refractivity contribution >= 4 is 23.5 Å². The van der Waals surface area contributed by atoms with E-state index in [4.69, 9.17) is 4.74 Å². The Kier molecular flexibility index (Phi) is 5.38. The van der Waals surface area contributed by atoms with Crippen LogP contribution in [0.15, 0.2) is 97.1 Å².